The van der Waals surface area contributed by atoms with Crippen LogP contribution in [0, 0.1) is 17.8 Å². The summed E-state index contributed by atoms with van der Waals surface area (Å²) in [5, 5.41) is 8.50. The molecule has 21 heavy (non-hydrogen) atoms. The summed E-state index contributed by atoms with van der Waals surface area (Å²) >= 11 is 1.38. The molecule has 0 saturated heterocycles. The molecule has 0 N–H and O–H groups in total. The zero-order valence-electron chi connectivity index (χ0n) is 13.3. The second kappa shape index (κ2) is 7.29. The van der Waals surface area contributed by atoms with Crippen molar-refractivity contribution in [3.05, 3.63) is 6.33 Å². The number of rotatable bonds is 5. The van der Waals surface area contributed by atoms with Crippen LogP contribution in [0.3, 0.4) is 0 Å². The number of nitrogens with zero attached hydrogens (tertiary/aromatic N) is 3. The summed E-state index contributed by atoms with van der Waals surface area (Å²) in [5.74, 6) is 1.84. The Hall–Kier alpha value is -1.04. The first-order valence-corrected chi connectivity index (χ1v) is 8.62. The van der Waals surface area contributed by atoms with E-state index in [1.54, 1.807) is 10.9 Å². The molecule has 5 nitrogen and oxygen atoms in total. The zero-order valence-corrected chi connectivity index (χ0v) is 14.1. The van der Waals surface area contributed by atoms with E-state index in [0.29, 0.717) is 23.5 Å². The van der Waals surface area contributed by atoms with Gasteiger partial charge in [0.05, 0.1) is 5.75 Å². The third-order valence-electron chi connectivity index (χ3n) is 4.23. The normalized spacial score (nSPS) is 26.0. The lowest BCUT2D eigenvalue weighted by Crippen LogP contribution is -2.36. The molecule has 0 bridgehead atoms. The Morgan fingerprint density at radius 3 is 2.90 bits per heavy atom. The highest BCUT2D eigenvalue weighted by atomic mass is 32.2. The molecule has 1 aromatic heterocycles. The maximum atomic E-state index is 12.1. The first kappa shape index (κ1) is 16.3. The Labute approximate surface area is 130 Å². The van der Waals surface area contributed by atoms with E-state index in [9.17, 15) is 4.79 Å². The van der Waals surface area contributed by atoms with Crippen molar-refractivity contribution in [2.24, 2.45) is 24.8 Å². The van der Waals surface area contributed by atoms with Crippen LogP contribution >= 0.6 is 11.8 Å². The second-order valence-corrected chi connectivity index (χ2v) is 7.31. The SMILES string of the molecule is CC(C)[C@H]1CC[C@@H](C)C[C@H]1OC(=O)CSc1nncn1C. The van der Waals surface area contributed by atoms with E-state index in [1.165, 1.54) is 18.2 Å². The highest BCUT2D eigenvalue weighted by Crippen LogP contribution is 2.35. The Morgan fingerprint density at radius 2 is 2.29 bits per heavy atom. The predicted octanol–water partition coefficient (Wildman–Crippen LogP) is 2.91. The standard InChI is InChI=1S/C15H25N3O2S/c1-10(2)12-6-5-11(3)7-13(12)20-14(19)8-21-15-17-16-9-18(15)4/h9-13H,5-8H2,1-4H3/t11-,12-,13-/m1/s1. The molecule has 0 aromatic carbocycles. The van der Waals surface area contributed by atoms with Gasteiger partial charge in [-0.2, -0.15) is 0 Å². The predicted molar refractivity (Wildman–Crippen MR) is 83.0 cm³/mol. The van der Waals surface area contributed by atoms with Gasteiger partial charge in [0.15, 0.2) is 5.16 Å². The van der Waals surface area contributed by atoms with Crippen LogP contribution in [0.4, 0.5) is 0 Å². The molecular weight excluding hydrogens is 286 g/mol. The Morgan fingerprint density at radius 1 is 1.52 bits per heavy atom. The molecular formula is C15H25N3O2S. The van der Waals surface area contributed by atoms with Crippen LogP contribution in [0.2, 0.25) is 0 Å². The Bertz CT molecular complexity index is 475. The molecule has 2 rings (SSSR count). The van der Waals surface area contributed by atoms with Crippen LogP contribution in [0.15, 0.2) is 11.5 Å². The lowest BCUT2D eigenvalue weighted by atomic mass is 9.75. The van der Waals surface area contributed by atoms with Gasteiger partial charge in [-0.1, -0.05) is 39.0 Å². The van der Waals surface area contributed by atoms with Crippen molar-refractivity contribution in [3.63, 3.8) is 0 Å². The van der Waals surface area contributed by atoms with E-state index < -0.39 is 0 Å². The summed E-state index contributed by atoms with van der Waals surface area (Å²) in [4.78, 5) is 12.1. The lowest BCUT2D eigenvalue weighted by molar-refractivity contribution is -0.152. The van der Waals surface area contributed by atoms with Crippen LogP contribution < -0.4 is 0 Å². The van der Waals surface area contributed by atoms with Crippen molar-refractivity contribution in [1.29, 1.82) is 0 Å². The monoisotopic (exact) mass is 311 g/mol. The van der Waals surface area contributed by atoms with Crippen LogP contribution in [0.25, 0.3) is 0 Å². The van der Waals surface area contributed by atoms with Crippen molar-refractivity contribution < 1.29 is 9.53 Å². The molecule has 1 saturated carbocycles. The van der Waals surface area contributed by atoms with Gasteiger partial charge in [0.1, 0.15) is 12.4 Å². The Balaban J connectivity index is 1.86. The molecule has 0 radical (unpaired) electrons. The van der Waals surface area contributed by atoms with Gasteiger partial charge < -0.3 is 9.30 Å². The van der Waals surface area contributed by atoms with Crippen LogP contribution in [0.5, 0.6) is 0 Å². The summed E-state index contributed by atoms with van der Waals surface area (Å²) in [6.07, 6.45) is 5.09. The molecule has 0 spiro atoms. The molecule has 1 aliphatic carbocycles. The summed E-state index contributed by atoms with van der Waals surface area (Å²) in [7, 11) is 1.87. The number of aryl methyl sites for hydroxylation is 1. The molecule has 1 fully saturated rings. The van der Waals surface area contributed by atoms with Gasteiger partial charge in [0.2, 0.25) is 0 Å². The van der Waals surface area contributed by atoms with Gasteiger partial charge in [-0.15, -0.1) is 10.2 Å². The van der Waals surface area contributed by atoms with Crippen molar-refractivity contribution in [1.82, 2.24) is 14.8 Å². The Kier molecular flexibility index (Phi) is 5.67. The fraction of sp³-hybridized carbons (Fsp3) is 0.800. The van der Waals surface area contributed by atoms with Gasteiger partial charge in [-0.25, -0.2) is 0 Å². The lowest BCUT2D eigenvalue weighted by Gasteiger charge is -2.36. The zero-order chi connectivity index (χ0) is 15.4. The molecule has 0 aliphatic heterocycles. The largest absolute Gasteiger partial charge is 0.461 e. The molecule has 1 heterocycles. The maximum Gasteiger partial charge on any atom is 0.316 e. The van der Waals surface area contributed by atoms with Crippen molar-refractivity contribution in [3.8, 4) is 0 Å². The van der Waals surface area contributed by atoms with Gasteiger partial charge in [-0.3, -0.25) is 4.79 Å². The number of hydrogen-bond acceptors (Lipinski definition) is 5. The highest BCUT2D eigenvalue weighted by molar-refractivity contribution is 7.99. The topological polar surface area (TPSA) is 57.0 Å². The number of thioether (sulfide) groups is 1. The molecule has 1 aliphatic rings. The van der Waals surface area contributed by atoms with Gasteiger partial charge in [0, 0.05) is 7.05 Å². The van der Waals surface area contributed by atoms with Gasteiger partial charge in [-0.05, 0) is 30.6 Å². The third-order valence-corrected chi connectivity index (χ3v) is 5.24. The van der Waals surface area contributed by atoms with Crippen molar-refractivity contribution >= 4 is 17.7 Å². The fourth-order valence-electron chi connectivity index (χ4n) is 2.98. The average molecular weight is 311 g/mol. The average Bonchev–Trinajstić information content (AvgIpc) is 2.81. The summed E-state index contributed by atoms with van der Waals surface area (Å²) in [6.45, 7) is 6.68. The van der Waals surface area contributed by atoms with E-state index in [2.05, 4.69) is 31.0 Å². The molecule has 0 unspecified atom stereocenters. The number of carbonyl (C=O) groups is 1. The van der Waals surface area contributed by atoms with Crippen LogP contribution in [0.1, 0.15) is 40.0 Å². The van der Waals surface area contributed by atoms with E-state index in [-0.39, 0.29) is 12.1 Å². The smallest absolute Gasteiger partial charge is 0.316 e. The quantitative estimate of drug-likeness (QED) is 0.618. The third kappa shape index (κ3) is 4.46. The van der Waals surface area contributed by atoms with Gasteiger partial charge >= 0.3 is 5.97 Å². The number of hydrogen-bond donors (Lipinski definition) is 0. The number of aromatic nitrogens is 3. The molecule has 0 amide bonds. The molecule has 6 heteroatoms. The minimum atomic E-state index is -0.146. The van der Waals surface area contributed by atoms with E-state index in [1.807, 2.05) is 7.05 Å². The summed E-state index contributed by atoms with van der Waals surface area (Å²) in [5.41, 5.74) is 0. The van der Waals surface area contributed by atoms with E-state index in [4.69, 9.17) is 4.74 Å². The minimum absolute atomic E-state index is 0.0707. The second-order valence-electron chi connectivity index (χ2n) is 6.37. The van der Waals surface area contributed by atoms with E-state index >= 15 is 0 Å². The first-order chi connectivity index (χ1) is 9.97. The maximum absolute atomic E-state index is 12.1. The number of carbonyl (C=O) groups excluding carboxylic acids is 1. The summed E-state index contributed by atoms with van der Waals surface area (Å²) < 4.78 is 7.56. The minimum Gasteiger partial charge on any atom is -0.461 e. The first-order valence-electron chi connectivity index (χ1n) is 7.63. The highest BCUT2D eigenvalue weighted by Gasteiger charge is 2.33. The van der Waals surface area contributed by atoms with Gasteiger partial charge in [0.25, 0.3) is 0 Å². The van der Waals surface area contributed by atoms with Crippen LogP contribution in [-0.4, -0.2) is 32.6 Å². The number of esters is 1. The molecule has 1 aromatic rings. The molecule has 118 valence electrons. The fourth-order valence-corrected chi connectivity index (χ4v) is 3.65. The van der Waals surface area contributed by atoms with E-state index in [0.717, 1.165) is 18.0 Å². The number of ether oxygens (including phenoxy) is 1. The van der Waals surface area contributed by atoms with Crippen LogP contribution in [-0.2, 0) is 16.6 Å². The van der Waals surface area contributed by atoms with Crippen molar-refractivity contribution in [2.45, 2.75) is 51.3 Å². The summed E-state index contributed by atoms with van der Waals surface area (Å²) in [6, 6.07) is 0. The molecule has 3 atom stereocenters. The van der Waals surface area contributed by atoms with Crippen molar-refractivity contribution in [2.75, 3.05) is 5.75 Å².